The van der Waals surface area contributed by atoms with Crippen LogP contribution in [0.4, 0.5) is 11.5 Å². The lowest BCUT2D eigenvalue weighted by Crippen LogP contribution is -2.39. The largest absolute Gasteiger partial charge is 0.460 e. The summed E-state index contributed by atoms with van der Waals surface area (Å²) in [5.74, 6) is -1.09. The Morgan fingerprint density at radius 1 is 1.15 bits per heavy atom. The molecule has 2 amide bonds. The average Bonchev–Trinajstić information content (AvgIpc) is 3.22. The molecule has 2 aromatic heterocycles. The van der Waals surface area contributed by atoms with Crippen molar-refractivity contribution in [1.82, 2.24) is 19.4 Å². The summed E-state index contributed by atoms with van der Waals surface area (Å²) in [5, 5.41) is 17.8. The van der Waals surface area contributed by atoms with Gasteiger partial charge in [-0.15, -0.1) is 0 Å². The number of nitrogens with zero attached hydrogens (tertiary/aromatic N) is 3. The van der Waals surface area contributed by atoms with E-state index in [0.717, 1.165) is 0 Å². The molecule has 0 fully saturated rings. The highest BCUT2D eigenvalue weighted by atomic mass is 16.6. The first kappa shape index (κ1) is 26.0. The molecule has 12 heteroatoms. The number of carbonyl (C=O) groups excluding carboxylic acids is 3. The van der Waals surface area contributed by atoms with Gasteiger partial charge < -0.3 is 34.3 Å². The van der Waals surface area contributed by atoms with E-state index in [1.165, 1.54) is 16.8 Å². The van der Waals surface area contributed by atoms with Gasteiger partial charge in [0.25, 0.3) is 5.91 Å². The van der Waals surface area contributed by atoms with E-state index in [9.17, 15) is 19.5 Å². The number of amides is 2. The first-order valence-electron chi connectivity index (χ1n) is 10.5. The number of hydrogen-bond donors (Lipinski definition) is 4. The monoisotopic (exact) mass is 464 g/mol. The van der Waals surface area contributed by atoms with Gasteiger partial charge in [-0.05, 0) is 33.8 Å². The fraction of sp³-hybridized carbons (Fsp3) is 0.524. The van der Waals surface area contributed by atoms with Crippen molar-refractivity contribution in [3.05, 3.63) is 30.0 Å². The van der Waals surface area contributed by atoms with Crippen LogP contribution in [-0.4, -0.2) is 62.2 Å². The highest BCUT2D eigenvalue weighted by Crippen LogP contribution is 2.16. The Balaban J connectivity index is 1.91. The number of aliphatic hydroxyl groups excluding tert-OH is 1. The topological polar surface area (TPSA) is 149 Å². The van der Waals surface area contributed by atoms with Gasteiger partial charge in [0.05, 0.1) is 17.9 Å². The zero-order valence-electron chi connectivity index (χ0n) is 19.8. The van der Waals surface area contributed by atoms with Crippen LogP contribution in [0.5, 0.6) is 0 Å². The molecule has 0 spiro atoms. The number of hydrogen-bond acceptors (Lipinski definition) is 8. The number of nitrogens with one attached hydrogen (secondary N) is 3. The molecule has 1 atom stereocenters. The Bertz CT molecular complexity index is 990. The fourth-order valence-corrected chi connectivity index (χ4v) is 2.86. The number of aryl methyl sites for hydroxylation is 2. The maximum absolute atomic E-state index is 12.6. The van der Waals surface area contributed by atoms with Crippen molar-refractivity contribution in [3.63, 3.8) is 0 Å². The normalized spacial score (nSPS) is 12.3. The molecule has 2 rings (SSSR count). The van der Waals surface area contributed by atoms with E-state index < -0.39 is 23.9 Å². The lowest BCUT2D eigenvalue weighted by atomic mass is 10.2. The number of aromatic nitrogens is 3. The van der Waals surface area contributed by atoms with Gasteiger partial charge in [-0.2, -0.15) is 0 Å². The van der Waals surface area contributed by atoms with Crippen molar-refractivity contribution in [2.75, 3.05) is 23.8 Å². The maximum Gasteiger partial charge on any atom is 0.374 e. The fourth-order valence-electron chi connectivity index (χ4n) is 2.86. The number of anilines is 2. The second kappa shape index (κ2) is 11.1. The SMILES string of the molecule is CCOC(=O)c1nc(NC(=O)c2cc(NC(=O)CCNC(O)OC(C)(C)C)cn2C)cn1C. The van der Waals surface area contributed by atoms with Crippen molar-refractivity contribution in [2.24, 2.45) is 14.1 Å². The summed E-state index contributed by atoms with van der Waals surface area (Å²) >= 11 is 0. The van der Waals surface area contributed by atoms with Crippen LogP contribution in [0.2, 0.25) is 0 Å². The molecule has 33 heavy (non-hydrogen) atoms. The maximum atomic E-state index is 12.6. The molecule has 0 aliphatic heterocycles. The smallest absolute Gasteiger partial charge is 0.374 e. The van der Waals surface area contributed by atoms with Gasteiger partial charge in [0, 0.05) is 39.5 Å². The van der Waals surface area contributed by atoms with E-state index in [-0.39, 0.29) is 42.8 Å². The van der Waals surface area contributed by atoms with Crippen molar-refractivity contribution < 1.29 is 29.0 Å². The molecule has 12 nitrogen and oxygen atoms in total. The van der Waals surface area contributed by atoms with Gasteiger partial charge in [0.15, 0.2) is 5.82 Å². The van der Waals surface area contributed by atoms with Crippen LogP contribution in [0, 0.1) is 0 Å². The van der Waals surface area contributed by atoms with Crippen LogP contribution in [0.25, 0.3) is 0 Å². The van der Waals surface area contributed by atoms with E-state index in [2.05, 4.69) is 20.9 Å². The molecule has 0 aliphatic carbocycles. The zero-order chi connectivity index (χ0) is 24.8. The molecule has 2 heterocycles. The Morgan fingerprint density at radius 2 is 1.85 bits per heavy atom. The minimum Gasteiger partial charge on any atom is -0.460 e. The highest BCUT2D eigenvalue weighted by molar-refractivity contribution is 6.04. The Hall–Kier alpha value is -3.22. The Labute approximate surface area is 192 Å². The molecule has 2 aromatic rings. The predicted octanol–water partition coefficient (Wildman–Crippen LogP) is 1.20. The van der Waals surface area contributed by atoms with Crippen LogP contribution >= 0.6 is 0 Å². The van der Waals surface area contributed by atoms with Crippen molar-refractivity contribution in [3.8, 4) is 0 Å². The summed E-state index contributed by atoms with van der Waals surface area (Å²) in [5.41, 5.74) is 0.193. The first-order chi connectivity index (χ1) is 15.4. The molecule has 0 radical (unpaired) electrons. The van der Waals surface area contributed by atoms with E-state index in [0.29, 0.717) is 5.69 Å². The molecule has 0 bridgehead atoms. The summed E-state index contributed by atoms with van der Waals surface area (Å²) < 4.78 is 13.2. The number of rotatable bonds is 10. The summed E-state index contributed by atoms with van der Waals surface area (Å²) in [4.78, 5) is 40.8. The van der Waals surface area contributed by atoms with Gasteiger partial charge in [-0.3, -0.25) is 14.9 Å². The summed E-state index contributed by atoms with van der Waals surface area (Å²) in [6, 6.07) is 1.52. The summed E-state index contributed by atoms with van der Waals surface area (Å²) in [6.45, 7) is 7.53. The predicted molar refractivity (Wildman–Crippen MR) is 121 cm³/mol. The van der Waals surface area contributed by atoms with Crippen LogP contribution in [0.15, 0.2) is 18.5 Å². The zero-order valence-corrected chi connectivity index (χ0v) is 19.8. The van der Waals surface area contributed by atoms with E-state index in [1.807, 2.05) is 0 Å². The Morgan fingerprint density at radius 3 is 2.48 bits per heavy atom. The minimum atomic E-state index is -1.18. The molecule has 0 saturated heterocycles. The number of esters is 1. The first-order valence-corrected chi connectivity index (χ1v) is 10.5. The molecular weight excluding hydrogens is 432 g/mol. The third kappa shape index (κ3) is 8.00. The van der Waals surface area contributed by atoms with Crippen molar-refractivity contribution in [1.29, 1.82) is 0 Å². The highest BCUT2D eigenvalue weighted by Gasteiger charge is 2.19. The lowest BCUT2D eigenvalue weighted by Gasteiger charge is -2.24. The third-order valence-electron chi connectivity index (χ3n) is 4.23. The Kier molecular flexibility index (Phi) is 8.74. The molecule has 1 unspecified atom stereocenters. The average molecular weight is 465 g/mol. The van der Waals surface area contributed by atoms with Gasteiger partial charge in [-0.25, -0.2) is 9.78 Å². The molecule has 0 aromatic carbocycles. The second-order valence-electron chi connectivity index (χ2n) is 8.30. The lowest BCUT2D eigenvalue weighted by molar-refractivity contribution is -0.181. The van der Waals surface area contributed by atoms with Gasteiger partial charge in [0.2, 0.25) is 18.1 Å². The van der Waals surface area contributed by atoms with Crippen LogP contribution in [0.3, 0.4) is 0 Å². The van der Waals surface area contributed by atoms with Gasteiger partial charge in [0.1, 0.15) is 5.69 Å². The van der Waals surface area contributed by atoms with Crippen molar-refractivity contribution >= 4 is 29.3 Å². The van der Waals surface area contributed by atoms with Crippen molar-refractivity contribution in [2.45, 2.75) is 46.1 Å². The van der Waals surface area contributed by atoms with E-state index >= 15 is 0 Å². The summed E-state index contributed by atoms with van der Waals surface area (Å²) in [7, 11) is 3.28. The second-order valence-corrected chi connectivity index (χ2v) is 8.30. The number of imidazole rings is 1. The number of ether oxygens (including phenoxy) is 2. The van der Waals surface area contributed by atoms with Crippen LogP contribution < -0.4 is 16.0 Å². The molecule has 0 saturated carbocycles. The quantitative estimate of drug-likeness (QED) is 0.303. The minimum absolute atomic E-state index is 0.0682. The summed E-state index contributed by atoms with van der Waals surface area (Å²) in [6.07, 6.45) is 2.01. The number of aliphatic hydroxyl groups is 1. The molecule has 182 valence electrons. The molecule has 4 N–H and O–H groups in total. The van der Waals surface area contributed by atoms with E-state index in [1.54, 1.807) is 52.6 Å². The van der Waals surface area contributed by atoms with Gasteiger partial charge >= 0.3 is 5.97 Å². The van der Waals surface area contributed by atoms with Crippen LogP contribution in [0.1, 0.15) is 55.2 Å². The van der Waals surface area contributed by atoms with Crippen LogP contribution in [-0.2, 0) is 28.4 Å². The standard InChI is InChI=1S/C21H32N6O6/c1-7-32-19(30)17-24-15(12-27(17)6)25-18(29)14-10-13(11-26(14)5)23-16(28)8-9-22-20(31)33-21(2,3)4/h10-12,20,22,31H,7-9H2,1-6H3,(H,23,28)(H,25,29). The number of carbonyl (C=O) groups is 3. The van der Waals surface area contributed by atoms with E-state index in [4.69, 9.17) is 9.47 Å². The molecule has 0 aliphatic rings. The molecular formula is C21H32N6O6. The third-order valence-corrected chi connectivity index (χ3v) is 4.23. The van der Waals surface area contributed by atoms with Gasteiger partial charge in [-0.1, -0.05) is 0 Å².